The van der Waals surface area contributed by atoms with Crippen LogP contribution in [0.25, 0.3) is 22.0 Å². The van der Waals surface area contributed by atoms with Crippen LogP contribution in [0.15, 0.2) is 54.7 Å². The number of hydrogen-bond acceptors (Lipinski definition) is 1. The average Bonchev–Trinajstić information content (AvgIpc) is 3.39. The average molecular weight is 338 g/mol. The van der Waals surface area contributed by atoms with Gasteiger partial charge in [-0.2, -0.15) is 0 Å². The predicted octanol–water partition coefficient (Wildman–Crippen LogP) is 5.67. The molecule has 0 amide bonds. The molecule has 104 valence electrons. The maximum atomic E-state index is 4.62. The Bertz CT molecular complexity index is 806. The molecule has 0 radical (unpaired) electrons. The molecule has 1 aliphatic rings. The van der Waals surface area contributed by atoms with E-state index in [0.29, 0.717) is 0 Å². The molecule has 2 aromatic carbocycles. The van der Waals surface area contributed by atoms with Gasteiger partial charge in [-0.25, -0.2) is 0 Å². The van der Waals surface area contributed by atoms with E-state index >= 15 is 0 Å². The van der Waals surface area contributed by atoms with E-state index < -0.39 is 0 Å². The van der Waals surface area contributed by atoms with Crippen LogP contribution < -0.4 is 0 Å². The summed E-state index contributed by atoms with van der Waals surface area (Å²) in [5.74, 6) is 0.757. The zero-order chi connectivity index (χ0) is 14.2. The lowest BCUT2D eigenvalue weighted by molar-refractivity contribution is 1.14. The van der Waals surface area contributed by atoms with Crippen molar-refractivity contribution in [3.63, 3.8) is 0 Å². The van der Waals surface area contributed by atoms with Gasteiger partial charge in [0.15, 0.2) is 0 Å². The number of pyridine rings is 1. The minimum absolute atomic E-state index is 0.757. The van der Waals surface area contributed by atoms with Crippen molar-refractivity contribution in [1.82, 2.24) is 4.98 Å². The summed E-state index contributed by atoms with van der Waals surface area (Å²) in [7, 11) is 0. The zero-order valence-corrected chi connectivity index (χ0v) is 13.3. The van der Waals surface area contributed by atoms with Crippen LogP contribution in [-0.4, -0.2) is 4.98 Å². The Labute approximate surface area is 133 Å². The van der Waals surface area contributed by atoms with Crippen LogP contribution in [0.4, 0.5) is 0 Å². The summed E-state index contributed by atoms with van der Waals surface area (Å²) in [4.78, 5) is 4.62. The standard InChI is InChI=1S/C19H16BrN/c20-12-13-3-1-4-15(9-13)18-11-17(14-6-7-14)10-16-5-2-8-21-19(16)18/h1-5,8-11,14H,6-7,12H2. The van der Waals surface area contributed by atoms with Gasteiger partial charge in [0.1, 0.15) is 0 Å². The van der Waals surface area contributed by atoms with Crippen molar-refractivity contribution < 1.29 is 0 Å². The fourth-order valence-corrected chi connectivity index (χ4v) is 3.26. The number of fused-ring (bicyclic) bond motifs is 1. The van der Waals surface area contributed by atoms with Crippen molar-refractivity contribution in [1.29, 1.82) is 0 Å². The smallest absolute Gasteiger partial charge is 0.0780 e. The molecule has 0 atom stereocenters. The molecule has 0 saturated heterocycles. The summed E-state index contributed by atoms with van der Waals surface area (Å²) in [5, 5.41) is 2.13. The molecule has 0 bridgehead atoms. The lowest BCUT2D eigenvalue weighted by Crippen LogP contribution is -1.89. The second-order valence-electron chi connectivity index (χ2n) is 5.75. The molecule has 1 nitrogen and oxygen atoms in total. The molecule has 1 aromatic heterocycles. The van der Waals surface area contributed by atoms with E-state index in [-0.39, 0.29) is 0 Å². The third-order valence-corrected chi connectivity index (χ3v) is 4.82. The molecule has 4 rings (SSSR count). The third kappa shape index (κ3) is 2.49. The van der Waals surface area contributed by atoms with Gasteiger partial charge in [-0.15, -0.1) is 0 Å². The van der Waals surface area contributed by atoms with Gasteiger partial charge in [0.2, 0.25) is 0 Å². The van der Waals surface area contributed by atoms with Crippen molar-refractivity contribution >= 4 is 26.8 Å². The molecule has 0 unspecified atom stereocenters. The summed E-state index contributed by atoms with van der Waals surface area (Å²) in [6.45, 7) is 0. The highest BCUT2D eigenvalue weighted by Crippen LogP contribution is 2.43. The van der Waals surface area contributed by atoms with Crippen LogP contribution in [0.1, 0.15) is 29.9 Å². The van der Waals surface area contributed by atoms with E-state index in [1.165, 1.54) is 40.5 Å². The summed E-state index contributed by atoms with van der Waals surface area (Å²) in [6, 6.07) is 17.6. The van der Waals surface area contributed by atoms with Crippen molar-refractivity contribution in [3.8, 4) is 11.1 Å². The number of benzene rings is 2. The SMILES string of the molecule is BrCc1cccc(-c2cc(C3CC3)cc3cccnc23)c1. The van der Waals surface area contributed by atoms with Crippen molar-refractivity contribution in [2.75, 3.05) is 0 Å². The number of nitrogens with zero attached hydrogens (tertiary/aromatic N) is 1. The summed E-state index contributed by atoms with van der Waals surface area (Å²) >= 11 is 3.55. The second-order valence-corrected chi connectivity index (χ2v) is 6.31. The van der Waals surface area contributed by atoms with Gasteiger partial charge in [-0.3, -0.25) is 4.98 Å². The number of rotatable bonds is 3. The van der Waals surface area contributed by atoms with Gasteiger partial charge >= 0.3 is 0 Å². The molecule has 1 fully saturated rings. The highest BCUT2D eigenvalue weighted by atomic mass is 79.9. The second kappa shape index (κ2) is 5.27. The van der Waals surface area contributed by atoms with Gasteiger partial charge in [0.25, 0.3) is 0 Å². The maximum absolute atomic E-state index is 4.62. The molecular weight excluding hydrogens is 322 g/mol. The minimum atomic E-state index is 0.757. The van der Waals surface area contributed by atoms with Gasteiger partial charge in [0.05, 0.1) is 5.52 Å². The Morgan fingerprint density at radius 3 is 2.76 bits per heavy atom. The van der Waals surface area contributed by atoms with Crippen molar-refractivity contribution in [2.24, 2.45) is 0 Å². The Hall–Kier alpha value is -1.67. The molecule has 1 heterocycles. The van der Waals surface area contributed by atoms with Crippen LogP contribution in [0.3, 0.4) is 0 Å². The van der Waals surface area contributed by atoms with Crippen LogP contribution in [0.2, 0.25) is 0 Å². The van der Waals surface area contributed by atoms with Crippen LogP contribution in [0, 0.1) is 0 Å². The fraction of sp³-hybridized carbons (Fsp3) is 0.211. The van der Waals surface area contributed by atoms with Crippen LogP contribution >= 0.6 is 15.9 Å². The molecule has 2 heteroatoms. The zero-order valence-electron chi connectivity index (χ0n) is 11.7. The number of hydrogen-bond donors (Lipinski definition) is 0. The summed E-state index contributed by atoms with van der Waals surface area (Å²) in [6.07, 6.45) is 4.54. The topological polar surface area (TPSA) is 12.9 Å². The monoisotopic (exact) mass is 337 g/mol. The van der Waals surface area contributed by atoms with E-state index in [9.17, 15) is 0 Å². The largest absolute Gasteiger partial charge is 0.256 e. The predicted molar refractivity (Wildman–Crippen MR) is 91.8 cm³/mol. The Balaban J connectivity index is 1.96. The van der Waals surface area contributed by atoms with E-state index in [1.54, 1.807) is 0 Å². The highest BCUT2D eigenvalue weighted by molar-refractivity contribution is 9.08. The van der Waals surface area contributed by atoms with E-state index in [4.69, 9.17) is 0 Å². The number of aromatic nitrogens is 1. The fourth-order valence-electron chi connectivity index (χ4n) is 2.91. The van der Waals surface area contributed by atoms with Gasteiger partial charge in [-0.1, -0.05) is 46.3 Å². The number of alkyl halides is 1. The first-order valence-corrected chi connectivity index (χ1v) is 8.51. The molecule has 3 aromatic rings. The van der Waals surface area contributed by atoms with Crippen molar-refractivity contribution in [3.05, 3.63) is 65.9 Å². The molecule has 0 spiro atoms. The Morgan fingerprint density at radius 2 is 1.95 bits per heavy atom. The van der Waals surface area contributed by atoms with E-state index in [2.05, 4.69) is 63.4 Å². The van der Waals surface area contributed by atoms with Gasteiger partial charge in [-0.05, 0) is 53.6 Å². The first kappa shape index (κ1) is 13.0. The first-order chi connectivity index (χ1) is 10.3. The third-order valence-electron chi connectivity index (χ3n) is 4.17. The summed E-state index contributed by atoms with van der Waals surface area (Å²) in [5.41, 5.74) is 6.40. The molecule has 0 aliphatic heterocycles. The number of halogens is 1. The molecule has 1 aliphatic carbocycles. The van der Waals surface area contributed by atoms with E-state index in [0.717, 1.165) is 16.8 Å². The quantitative estimate of drug-likeness (QED) is 0.560. The van der Waals surface area contributed by atoms with Gasteiger partial charge in [0, 0.05) is 22.5 Å². The molecular formula is C19H16BrN. The van der Waals surface area contributed by atoms with E-state index in [1.807, 2.05) is 12.3 Å². The lowest BCUT2D eigenvalue weighted by atomic mass is 9.96. The minimum Gasteiger partial charge on any atom is -0.256 e. The Kier molecular flexibility index (Phi) is 3.27. The summed E-state index contributed by atoms with van der Waals surface area (Å²) < 4.78 is 0. The normalized spacial score (nSPS) is 14.5. The van der Waals surface area contributed by atoms with Crippen molar-refractivity contribution in [2.45, 2.75) is 24.1 Å². The first-order valence-electron chi connectivity index (χ1n) is 7.39. The Morgan fingerprint density at radius 1 is 1.05 bits per heavy atom. The van der Waals surface area contributed by atoms with Crippen LogP contribution in [0.5, 0.6) is 0 Å². The van der Waals surface area contributed by atoms with Gasteiger partial charge < -0.3 is 0 Å². The molecule has 21 heavy (non-hydrogen) atoms. The van der Waals surface area contributed by atoms with Crippen LogP contribution in [-0.2, 0) is 5.33 Å². The highest BCUT2D eigenvalue weighted by Gasteiger charge is 2.24. The maximum Gasteiger partial charge on any atom is 0.0780 e. The molecule has 0 N–H and O–H groups in total. The lowest BCUT2D eigenvalue weighted by Gasteiger charge is -2.10. The molecule has 1 saturated carbocycles.